The van der Waals surface area contributed by atoms with Gasteiger partial charge in [0.25, 0.3) is 5.91 Å². The number of hydrogen-bond acceptors (Lipinski definition) is 6. The van der Waals surface area contributed by atoms with Gasteiger partial charge in [0.05, 0.1) is 18.8 Å². The number of furan rings is 1. The molecule has 160 valence electrons. The third kappa shape index (κ3) is 4.63. The van der Waals surface area contributed by atoms with Crippen LogP contribution in [0.3, 0.4) is 0 Å². The summed E-state index contributed by atoms with van der Waals surface area (Å²) in [5, 5.41) is 0. The van der Waals surface area contributed by atoms with E-state index in [1.807, 2.05) is 24.0 Å². The predicted octanol–water partition coefficient (Wildman–Crippen LogP) is 2.87. The zero-order valence-corrected chi connectivity index (χ0v) is 17.6. The number of hydrogen-bond donors (Lipinski definition) is 0. The number of aromatic nitrogens is 1. The maximum absolute atomic E-state index is 13.4. The van der Waals surface area contributed by atoms with Crippen LogP contribution in [0.1, 0.15) is 57.1 Å². The Labute approximate surface area is 177 Å². The fourth-order valence-corrected chi connectivity index (χ4v) is 4.27. The summed E-state index contributed by atoms with van der Waals surface area (Å²) in [4.78, 5) is 34.1. The Balaban J connectivity index is 1.50. The molecule has 4 rings (SSSR count). The van der Waals surface area contributed by atoms with Gasteiger partial charge in [-0.25, -0.2) is 0 Å². The molecular formula is C23H29N3O4. The molecule has 1 saturated heterocycles. The Morgan fingerprint density at radius 3 is 2.70 bits per heavy atom. The summed E-state index contributed by atoms with van der Waals surface area (Å²) < 4.78 is 11.3. The molecule has 0 atom stereocenters. The number of pyridine rings is 1. The highest BCUT2D eigenvalue weighted by atomic mass is 16.5. The standard InChI is InChI=1S/C23H29N3O4/c1-17-21-19(27)4-2-5-20(21)30-22(17)23(28)26(16-18-6-8-24-9-7-18)11-3-10-25-12-14-29-15-13-25/h6-9H,2-5,10-16H2,1H3. The summed E-state index contributed by atoms with van der Waals surface area (Å²) >= 11 is 0. The van der Waals surface area contributed by atoms with Gasteiger partial charge in [0.1, 0.15) is 5.76 Å². The highest BCUT2D eigenvalue weighted by Gasteiger charge is 2.31. The summed E-state index contributed by atoms with van der Waals surface area (Å²) in [7, 11) is 0. The smallest absolute Gasteiger partial charge is 0.290 e. The van der Waals surface area contributed by atoms with Crippen LogP contribution in [0.4, 0.5) is 0 Å². The Kier molecular flexibility index (Phi) is 6.59. The minimum Gasteiger partial charge on any atom is -0.455 e. The molecule has 2 aromatic rings. The molecule has 1 aliphatic heterocycles. The van der Waals surface area contributed by atoms with Crippen molar-refractivity contribution >= 4 is 11.7 Å². The first kappa shape index (κ1) is 20.8. The lowest BCUT2D eigenvalue weighted by molar-refractivity contribution is 0.0354. The average molecular weight is 412 g/mol. The number of ether oxygens (including phenoxy) is 1. The second-order valence-electron chi connectivity index (χ2n) is 8.02. The number of rotatable bonds is 7. The van der Waals surface area contributed by atoms with Crippen molar-refractivity contribution in [2.45, 2.75) is 39.2 Å². The fourth-order valence-electron chi connectivity index (χ4n) is 4.27. The molecule has 0 spiro atoms. The van der Waals surface area contributed by atoms with E-state index in [1.165, 1.54) is 0 Å². The maximum Gasteiger partial charge on any atom is 0.290 e. The van der Waals surface area contributed by atoms with E-state index in [0.29, 0.717) is 42.2 Å². The zero-order chi connectivity index (χ0) is 20.9. The van der Waals surface area contributed by atoms with E-state index in [-0.39, 0.29) is 11.7 Å². The predicted molar refractivity (Wildman–Crippen MR) is 112 cm³/mol. The van der Waals surface area contributed by atoms with Crippen LogP contribution >= 0.6 is 0 Å². The first-order chi connectivity index (χ1) is 14.6. The van der Waals surface area contributed by atoms with Crippen LogP contribution in [-0.4, -0.2) is 65.9 Å². The third-order valence-corrected chi connectivity index (χ3v) is 5.92. The molecule has 3 heterocycles. The molecule has 2 aliphatic rings. The Hall–Kier alpha value is -2.51. The van der Waals surface area contributed by atoms with Gasteiger partial charge >= 0.3 is 0 Å². The lowest BCUT2D eigenvalue weighted by Gasteiger charge is -2.28. The van der Waals surface area contributed by atoms with Gasteiger partial charge in [-0.05, 0) is 37.5 Å². The van der Waals surface area contributed by atoms with Gasteiger partial charge in [0.2, 0.25) is 0 Å². The summed E-state index contributed by atoms with van der Waals surface area (Å²) in [5.41, 5.74) is 2.34. The quantitative estimate of drug-likeness (QED) is 0.697. The Bertz CT molecular complexity index is 887. The van der Waals surface area contributed by atoms with Gasteiger partial charge in [-0.1, -0.05) is 0 Å². The summed E-state index contributed by atoms with van der Waals surface area (Å²) in [6.07, 6.45) is 6.38. The molecule has 0 radical (unpaired) electrons. The summed E-state index contributed by atoms with van der Waals surface area (Å²) in [6.45, 7) is 7.28. The molecule has 7 nitrogen and oxygen atoms in total. The summed E-state index contributed by atoms with van der Waals surface area (Å²) in [6, 6.07) is 3.84. The normalized spacial score (nSPS) is 17.0. The van der Waals surface area contributed by atoms with E-state index >= 15 is 0 Å². The molecular weight excluding hydrogens is 382 g/mol. The highest BCUT2D eigenvalue weighted by molar-refractivity contribution is 6.03. The fraction of sp³-hybridized carbons (Fsp3) is 0.522. The Morgan fingerprint density at radius 2 is 1.97 bits per heavy atom. The second kappa shape index (κ2) is 9.53. The van der Waals surface area contributed by atoms with Crippen LogP contribution in [0.2, 0.25) is 0 Å². The number of ketones is 1. The van der Waals surface area contributed by atoms with Crippen LogP contribution in [0, 0.1) is 6.92 Å². The molecule has 2 aromatic heterocycles. The van der Waals surface area contributed by atoms with Gasteiger partial charge in [-0.3, -0.25) is 19.5 Å². The van der Waals surface area contributed by atoms with Crippen molar-refractivity contribution < 1.29 is 18.7 Å². The molecule has 0 N–H and O–H groups in total. The van der Waals surface area contributed by atoms with Crippen molar-refractivity contribution in [2.24, 2.45) is 0 Å². The van der Waals surface area contributed by atoms with E-state index in [1.54, 1.807) is 12.4 Å². The lowest BCUT2D eigenvalue weighted by atomic mass is 9.94. The number of Topliss-reactive ketones (excluding diaryl/α,β-unsaturated/α-hetero) is 1. The molecule has 1 fully saturated rings. The lowest BCUT2D eigenvalue weighted by Crippen LogP contribution is -2.39. The Morgan fingerprint density at radius 1 is 1.20 bits per heavy atom. The molecule has 7 heteroatoms. The van der Waals surface area contributed by atoms with E-state index < -0.39 is 0 Å². The van der Waals surface area contributed by atoms with E-state index in [2.05, 4.69) is 9.88 Å². The maximum atomic E-state index is 13.4. The van der Waals surface area contributed by atoms with Crippen molar-refractivity contribution in [3.05, 3.63) is 52.7 Å². The van der Waals surface area contributed by atoms with Crippen LogP contribution in [0.25, 0.3) is 0 Å². The highest BCUT2D eigenvalue weighted by Crippen LogP contribution is 2.30. The van der Waals surface area contributed by atoms with Gasteiger partial charge in [0.15, 0.2) is 11.5 Å². The van der Waals surface area contributed by atoms with E-state index in [4.69, 9.17) is 9.15 Å². The molecule has 1 aliphatic carbocycles. The van der Waals surface area contributed by atoms with Crippen molar-refractivity contribution in [2.75, 3.05) is 39.4 Å². The largest absolute Gasteiger partial charge is 0.455 e. The number of morpholine rings is 1. The second-order valence-corrected chi connectivity index (χ2v) is 8.02. The molecule has 0 bridgehead atoms. The SMILES string of the molecule is Cc1c(C(=O)N(CCCN2CCOCC2)Cc2ccncc2)oc2c1C(=O)CCC2. The van der Waals surface area contributed by atoms with Gasteiger partial charge < -0.3 is 14.1 Å². The van der Waals surface area contributed by atoms with Crippen LogP contribution in [0.15, 0.2) is 28.9 Å². The third-order valence-electron chi connectivity index (χ3n) is 5.92. The van der Waals surface area contributed by atoms with Crippen LogP contribution in [0.5, 0.6) is 0 Å². The number of fused-ring (bicyclic) bond motifs is 1. The zero-order valence-electron chi connectivity index (χ0n) is 17.6. The van der Waals surface area contributed by atoms with Crippen molar-refractivity contribution in [3.8, 4) is 0 Å². The number of carbonyl (C=O) groups is 2. The van der Waals surface area contributed by atoms with Crippen molar-refractivity contribution in [1.82, 2.24) is 14.8 Å². The number of amides is 1. The molecule has 0 saturated carbocycles. The molecule has 0 aromatic carbocycles. The minimum absolute atomic E-state index is 0.0875. The van der Waals surface area contributed by atoms with E-state index in [0.717, 1.165) is 57.7 Å². The number of nitrogens with zero attached hydrogens (tertiary/aromatic N) is 3. The van der Waals surface area contributed by atoms with E-state index in [9.17, 15) is 9.59 Å². The van der Waals surface area contributed by atoms with Gasteiger partial charge in [-0.2, -0.15) is 0 Å². The monoisotopic (exact) mass is 411 g/mol. The summed E-state index contributed by atoms with van der Waals surface area (Å²) in [5.74, 6) is 0.929. The van der Waals surface area contributed by atoms with Gasteiger partial charge in [0, 0.05) is 63.5 Å². The van der Waals surface area contributed by atoms with Gasteiger partial charge in [-0.15, -0.1) is 0 Å². The van der Waals surface area contributed by atoms with Crippen molar-refractivity contribution in [3.63, 3.8) is 0 Å². The first-order valence-electron chi connectivity index (χ1n) is 10.8. The topological polar surface area (TPSA) is 75.9 Å². The molecule has 1 amide bonds. The molecule has 30 heavy (non-hydrogen) atoms. The average Bonchev–Trinajstić information content (AvgIpc) is 3.12. The number of carbonyl (C=O) groups excluding carboxylic acids is 2. The number of aryl methyl sites for hydroxylation is 1. The van der Waals surface area contributed by atoms with Crippen LogP contribution in [-0.2, 0) is 17.7 Å². The minimum atomic E-state index is -0.145. The van der Waals surface area contributed by atoms with Crippen LogP contribution < -0.4 is 0 Å². The first-order valence-corrected chi connectivity index (χ1v) is 10.8. The molecule has 0 unspecified atom stereocenters. The van der Waals surface area contributed by atoms with Crippen molar-refractivity contribution in [1.29, 1.82) is 0 Å².